The molecule has 0 bridgehead atoms. The normalized spacial score (nSPS) is 14.5. The monoisotopic (exact) mass is 491 g/mol. The van der Waals surface area contributed by atoms with Crippen molar-refractivity contribution in [2.75, 3.05) is 12.0 Å². The number of nitrogens with two attached hydrogens (primary N) is 2. The van der Waals surface area contributed by atoms with Crippen molar-refractivity contribution >= 4 is 47.3 Å². The number of primary amides is 1. The fourth-order valence-electron chi connectivity index (χ4n) is 2.67. The second-order valence-corrected chi connectivity index (χ2v) is 8.67. The van der Waals surface area contributed by atoms with Crippen LogP contribution in [0.5, 0.6) is 0 Å². The molecular weight excluding hydrogens is 458 g/mol. The molecule has 0 aliphatic heterocycles. The number of rotatable bonds is 16. The lowest BCUT2D eigenvalue weighted by molar-refractivity contribution is -0.143. The zero-order valence-electron chi connectivity index (χ0n) is 18.8. The lowest BCUT2D eigenvalue weighted by Crippen LogP contribution is -2.58. The predicted molar refractivity (Wildman–Crippen MR) is 120 cm³/mol. The Kier molecular flexibility index (Phi) is 13.7. The summed E-state index contributed by atoms with van der Waals surface area (Å²) in [6.07, 6.45) is 0.672. The molecule has 4 unspecified atom stereocenters. The number of carbonyl (C=O) groups is 6. The summed E-state index contributed by atoms with van der Waals surface area (Å²) in [5.74, 6) is -5.73. The van der Waals surface area contributed by atoms with Gasteiger partial charge in [0.1, 0.15) is 18.1 Å². The van der Waals surface area contributed by atoms with E-state index in [1.54, 1.807) is 20.1 Å². The summed E-state index contributed by atoms with van der Waals surface area (Å²) in [5, 5.41) is 25.4. The van der Waals surface area contributed by atoms with E-state index >= 15 is 0 Å². The molecule has 0 aromatic heterocycles. The van der Waals surface area contributed by atoms with E-state index in [9.17, 15) is 33.9 Å². The zero-order valence-corrected chi connectivity index (χ0v) is 19.6. The number of carboxylic acid groups (broad SMARTS) is 2. The molecule has 0 aromatic carbocycles. The molecular formula is C19H33N5O8S. The van der Waals surface area contributed by atoms with Crippen LogP contribution in [0, 0.1) is 5.92 Å². The minimum atomic E-state index is -1.36. The maximum absolute atomic E-state index is 12.8. The van der Waals surface area contributed by atoms with Crippen molar-refractivity contribution in [1.29, 1.82) is 0 Å². The Morgan fingerprint density at radius 1 is 0.879 bits per heavy atom. The van der Waals surface area contributed by atoms with Gasteiger partial charge in [0.25, 0.3) is 0 Å². The average molecular weight is 492 g/mol. The highest BCUT2D eigenvalue weighted by Crippen LogP contribution is 2.07. The Balaban J connectivity index is 5.52. The first-order valence-electron chi connectivity index (χ1n) is 10.2. The molecule has 9 N–H and O–H groups in total. The van der Waals surface area contributed by atoms with E-state index in [4.69, 9.17) is 16.6 Å². The highest BCUT2D eigenvalue weighted by atomic mass is 32.2. The summed E-state index contributed by atoms with van der Waals surface area (Å²) in [6.45, 7) is 3.22. The molecule has 0 fully saturated rings. The van der Waals surface area contributed by atoms with Gasteiger partial charge < -0.3 is 37.6 Å². The second-order valence-electron chi connectivity index (χ2n) is 7.68. The van der Waals surface area contributed by atoms with Crippen molar-refractivity contribution in [3.8, 4) is 0 Å². The number of amides is 4. The number of nitrogens with one attached hydrogen (secondary N) is 3. The SMILES string of the molecule is CSCCC(NC(=O)C(CCC(=O)O)NC(=O)C(N)CC(N)=O)C(=O)NC(C(=O)O)C(C)C. The Labute approximate surface area is 195 Å². The van der Waals surface area contributed by atoms with Gasteiger partial charge in [-0.2, -0.15) is 11.8 Å². The summed E-state index contributed by atoms with van der Waals surface area (Å²) in [6, 6.07) is -5.02. The third-order valence-electron chi connectivity index (χ3n) is 4.51. The van der Waals surface area contributed by atoms with Gasteiger partial charge in [0.2, 0.25) is 23.6 Å². The van der Waals surface area contributed by atoms with Crippen LogP contribution in [0.3, 0.4) is 0 Å². The maximum Gasteiger partial charge on any atom is 0.326 e. The lowest BCUT2D eigenvalue weighted by Gasteiger charge is -2.25. The van der Waals surface area contributed by atoms with Gasteiger partial charge in [-0.1, -0.05) is 13.8 Å². The van der Waals surface area contributed by atoms with Crippen LogP contribution in [0.25, 0.3) is 0 Å². The van der Waals surface area contributed by atoms with Crippen molar-refractivity contribution in [3.05, 3.63) is 0 Å². The minimum Gasteiger partial charge on any atom is -0.481 e. The summed E-state index contributed by atoms with van der Waals surface area (Å²) in [4.78, 5) is 71.0. The summed E-state index contributed by atoms with van der Waals surface area (Å²) >= 11 is 1.39. The number of aliphatic carboxylic acids is 2. The van der Waals surface area contributed by atoms with Crippen LogP contribution >= 0.6 is 11.8 Å². The predicted octanol–water partition coefficient (Wildman–Crippen LogP) is -2.00. The average Bonchev–Trinajstić information content (AvgIpc) is 2.70. The van der Waals surface area contributed by atoms with Gasteiger partial charge in [-0.05, 0) is 30.8 Å². The van der Waals surface area contributed by atoms with E-state index in [1.807, 2.05) is 0 Å². The van der Waals surface area contributed by atoms with E-state index in [1.165, 1.54) is 11.8 Å². The van der Waals surface area contributed by atoms with Gasteiger partial charge in [-0.3, -0.25) is 24.0 Å². The summed E-state index contributed by atoms with van der Waals surface area (Å²) in [7, 11) is 0. The molecule has 14 heteroatoms. The molecule has 0 saturated carbocycles. The fourth-order valence-corrected chi connectivity index (χ4v) is 3.14. The molecule has 0 aromatic rings. The lowest BCUT2D eigenvalue weighted by atomic mass is 10.0. The third-order valence-corrected chi connectivity index (χ3v) is 5.16. The number of thioether (sulfide) groups is 1. The van der Waals surface area contributed by atoms with E-state index < -0.39 is 78.5 Å². The largest absolute Gasteiger partial charge is 0.481 e. The minimum absolute atomic E-state index is 0.157. The molecule has 4 atom stereocenters. The standard InChI is InChI=1S/C19H33N5O8S/c1-9(2)15(19(31)32)24-18(30)12(6-7-33-3)23-17(29)11(4-5-14(26)27)22-16(28)10(20)8-13(21)25/h9-12,15H,4-8,20H2,1-3H3,(H2,21,25)(H,22,28)(H,23,29)(H,24,30)(H,26,27)(H,31,32). The second kappa shape index (κ2) is 15.1. The van der Waals surface area contributed by atoms with Gasteiger partial charge in [-0.25, -0.2) is 4.79 Å². The quantitative estimate of drug-likeness (QED) is 0.125. The Morgan fingerprint density at radius 3 is 1.85 bits per heavy atom. The Hall–Kier alpha value is -2.87. The van der Waals surface area contributed by atoms with Crippen molar-refractivity contribution in [1.82, 2.24) is 16.0 Å². The van der Waals surface area contributed by atoms with Crippen LogP contribution < -0.4 is 27.4 Å². The van der Waals surface area contributed by atoms with Crippen LogP contribution in [-0.2, 0) is 28.8 Å². The molecule has 13 nitrogen and oxygen atoms in total. The van der Waals surface area contributed by atoms with Gasteiger partial charge in [0.15, 0.2) is 0 Å². The fraction of sp³-hybridized carbons (Fsp3) is 0.684. The summed E-state index contributed by atoms with van der Waals surface area (Å²) in [5.41, 5.74) is 10.6. The van der Waals surface area contributed by atoms with Crippen LogP contribution in [0.15, 0.2) is 0 Å². The van der Waals surface area contributed by atoms with Crippen LogP contribution in [0.1, 0.15) is 39.5 Å². The topological polar surface area (TPSA) is 231 Å². The smallest absolute Gasteiger partial charge is 0.326 e. The molecule has 0 aliphatic rings. The molecule has 0 heterocycles. The first-order chi connectivity index (χ1) is 15.3. The molecule has 4 amide bonds. The highest BCUT2D eigenvalue weighted by molar-refractivity contribution is 7.98. The summed E-state index contributed by atoms with van der Waals surface area (Å²) < 4.78 is 0. The molecule has 0 radical (unpaired) electrons. The first-order valence-corrected chi connectivity index (χ1v) is 11.6. The van der Waals surface area contributed by atoms with Gasteiger partial charge in [-0.15, -0.1) is 0 Å². The van der Waals surface area contributed by atoms with Crippen molar-refractivity contribution in [2.45, 2.75) is 63.7 Å². The molecule has 188 valence electrons. The van der Waals surface area contributed by atoms with Crippen LogP contribution in [0.4, 0.5) is 0 Å². The van der Waals surface area contributed by atoms with Crippen molar-refractivity contribution in [3.63, 3.8) is 0 Å². The molecule has 0 saturated heterocycles. The van der Waals surface area contributed by atoms with Crippen LogP contribution in [0.2, 0.25) is 0 Å². The van der Waals surface area contributed by atoms with E-state index in [0.29, 0.717) is 5.75 Å². The van der Waals surface area contributed by atoms with Crippen molar-refractivity contribution in [2.24, 2.45) is 17.4 Å². The molecule has 0 spiro atoms. The third kappa shape index (κ3) is 12.1. The van der Waals surface area contributed by atoms with Gasteiger partial charge >= 0.3 is 11.9 Å². The van der Waals surface area contributed by atoms with E-state index in [0.717, 1.165) is 0 Å². The molecule has 0 aliphatic carbocycles. The number of hydrogen-bond donors (Lipinski definition) is 7. The maximum atomic E-state index is 12.8. The first kappa shape index (κ1) is 30.1. The zero-order chi connectivity index (χ0) is 25.7. The van der Waals surface area contributed by atoms with Crippen molar-refractivity contribution < 1.29 is 39.0 Å². The Morgan fingerprint density at radius 2 is 1.39 bits per heavy atom. The highest BCUT2D eigenvalue weighted by Gasteiger charge is 2.31. The van der Waals surface area contributed by atoms with E-state index in [-0.39, 0.29) is 12.8 Å². The van der Waals surface area contributed by atoms with Crippen LogP contribution in [-0.4, -0.2) is 82.0 Å². The van der Waals surface area contributed by atoms with Gasteiger partial charge in [0.05, 0.1) is 12.5 Å². The number of carboxylic acids is 2. The number of hydrogen-bond acceptors (Lipinski definition) is 8. The Bertz CT molecular complexity index is 733. The number of carbonyl (C=O) groups excluding carboxylic acids is 4. The van der Waals surface area contributed by atoms with Gasteiger partial charge in [0, 0.05) is 6.42 Å². The molecule has 0 rings (SSSR count). The van der Waals surface area contributed by atoms with E-state index in [2.05, 4.69) is 16.0 Å². The molecule has 33 heavy (non-hydrogen) atoms.